The molecule has 6 heteroatoms. The lowest BCUT2D eigenvalue weighted by molar-refractivity contribution is -0.118. The molecule has 0 saturated carbocycles. The largest absolute Gasteiger partial charge is 0.480 e. The minimum absolute atomic E-state index is 0.105. The number of carbonyl (C=O) groups is 1. The number of nitrogen functional groups attached to an aromatic ring is 1. The molecule has 30 heavy (non-hydrogen) atoms. The first kappa shape index (κ1) is 19.5. The van der Waals surface area contributed by atoms with Crippen LogP contribution in [-0.4, -0.2) is 21.9 Å². The maximum Gasteiger partial charge on any atom is 0.262 e. The van der Waals surface area contributed by atoms with Gasteiger partial charge in [-0.25, -0.2) is 4.98 Å². The number of carbonyl (C=O) groups excluding carboxylic acids is 1. The highest BCUT2D eigenvalue weighted by Gasteiger charge is 2.11. The molecule has 4 aromatic rings. The summed E-state index contributed by atoms with van der Waals surface area (Å²) < 4.78 is 7.64. The molecule has 0 bridgehead atoms. The predicted molar refractivity (Wildman–Crippen MR) is 120 cm³/mol. The lowest BCUT2D eigenvalue weighted by Gasteiger charge is -2.10. The van der Waals surface area contributed by atoms with E-state index in [2.05, 4.69) is 24.1 Å². The molecule has 2 aromatic heterocycles. The number of nitrogens with one attached hydrogen (secondary N) is 1. The molecule has 0 aliphatic heterocycles. The lowest BCUT2D eigenvalue weighted by Crippen LogP contribution is -2.20. The third-order valence-electron chi connectivity index (χ3n) is 4.85. The number of nitrogens with two attached hydrogens (primary N) is 1. The Hall–Kier alpha value is -3.80. The molecule has 0 saturated heterocycles. The van der Waals surface area contributed by atoms with Crippen LogP contribution in [0.3, 0.4) is 0 Å². The van der Waals surface area contributed by atoms with Gasteiger partial charge in [0.25, 0.3) is 5.91 Å². The molecule has 2 aromatic carbocycles. The van der Waals surface area contributed by atoms with E-state index in [0.29, 0.717) is 23.0 Å². The summed E-state index contributed by atoms with van der Waals surface area (Å²) in [6, 6.07) is 19.1. The van der Waals surface area contributed by atoms with Crippen LogP contribution in [0, 0.1) is 0 Å². The van der Waals surface area contributed by atoms with Crippen LogP contribution in [0.4, 0.5) is 11.4 Å². The van der Waals surface area contributed by atoms with Crippen LogP contribution in [0.1, 0.15) is 25.3 Å². The number of fused-ring (bicyclic) bond motifs is 1. The fraction of sp³-hybridized carbons (Fsp3) is 0.167. The number of pyridine rings is 1. The van der Waals surface area contributed by atoms with E-state index in [4.69, 9.17) is 10.5 Å². The Morgan fingerprint density at radius 3 is 2.67 bits per heavy atom. The molecule has 0 aliphatic carbocycles. The van der Waals surface area contributed by atoms with Gasteiger partial charge in [0.05, 0.1) is 5.69 Å². The molecule has 152 valence electrons. The highest BCUT2D eigenvalue weighted by Crippen LogP contribution is 2.25. The minimum Gasteiger partial charge on any atom is -0.480 e. The summed E-state index contributed by atoms with van der Waals surface area (Å²) in [6.07, 6.45) is 3.80. The minimum atomic E-state index is -0.225. The van der Waals surface area contributed by atoms with Gasteiger partial charge in [0.15, 0.2) is 18.0 Å². The van der Waals surface area contributed by atoms with Gasteiger partial charge in [-0.1, -0.05) is 38.1 Å². The Morgan fingerprint density at radius 1 is 1.13 bits per heavy atom. The van der Waals surface area contributed by atoms with Gasteiger partial charge in [-0.2, -0.15) is 0 Å². The summed E-state index contributed by atoms with van der Waals surface area (Å²) >= 11 is 0. The van der Waals surface area contributed by atoms with Crippen molar-refractivity contribution in [1.82, 2.24) is 9.38 Å². The van der Waals surface area contributed by atoms with E-state index < -0.39 is 0 Å². The van der Waals surface area contributed by atoms with E-state index >= 15 is 0 Å². The zero-order chi connectivity index (χ0) is 21.1. The monoisotopic (exact) mass is 400 g/mol. The molecule has 4 rings (SSSR count). The highest BCUT2D eigenvalue weighted by molar-refractivity contribution is 5.92. The van der Waals surface area contributed by atoms with Gasteiger partial charge in [0, 0.05) is 29.3 Å². The highest BCUT2D eigenvalue weighted by atomic mass is 16.5. The zero-order valence-corrected chi connectivity index (χ0v) is 17.0. The molecule has 0 atom stereocenters. The maximum absolute atomic E-state index is 12.3. The fourth-order valence-electron chi connectivity index (χ4n) is 3.23. The Balaban J connectivity index is 1.46. The van der Waals surface area contributed by atoms with Crippen LogP contribution in [0.15, 0.2) is 73.1 Å². The second kappa shape index (κ2) is 8.29. The van der Waals surface area contributed by atoms with Crippen LogP contribution in [0.2, 0.25) is 0 Å². The van der Waals surface area contributed by atoms with E-state index in [1.165, 1.54) is 5.56 Å². The van der Waals surface area contributed by atoms with E-state index in [1.807, 2.05) is 71.4 Å². The lowest BCUT2D eigenvalue weighted by atomic mass is 10.0. The molecule has 0 radical (unpaired) electrons. The number of aromatic nitrogens is 2. The van der Waals surface area contributed by atoms with Gasteiger partial charge in [0.1, 0.15) is 0 Å². The summed E-state index contributed by atoms with van der Waals surface area (Å²) in [4.78, 5) is 17.0. The molecule has 0 unspecified atom stereocenters. The van der Waals surface area contributed by atoms with Gasteiger partial charge in [-0.05, 0) is 47.9 Å². The Labute approximate surface area is 175 Å². The van der Waals surface area contributed by atoms with Crippen molar-refractivity contribution in [3.8, 4) is 17.0 Å². The van der Waals surface area contributed by atoms with Crippen LogP contribution in [-0.2, 0) is 4.79 Å². The number of hydrogen-bond donors (Lipinski definition) is 2. The number of ether oxygens (including phenoxy) is 1. The van der Waals surface area contributed by atoms with Gasteiger partial charge in [-0.15, -0.1) is 0 Å². The van der Waals surface area contributed by atoms with E-state index in [-0.39, 0.29) is 12.5 Å². The van der Waals surface area contributed by atoms with Crippen molar-refractivity contribution in [3.05, 3.63) is 78.6 Å². The van der Waals surface area contributed by atoms with Crippen molar-refractivity contribution < 1.29 is 9.53 Å². The first-order valence-corrected chi connectivity index (χ1v) is 9.86. The molecular formula is C24H24N4O2. The summed E-state index contributed by atoms with van der Waals surface area (Å²) in [5.41, 5.74) is 10.9. The summed E-state index contributed by atoms with van der Waals surface area (Å²) in [5.74, 6) is 0.764. The SMILES string of the molecule is CC(C)c1ccc(NC(=O)COc2cccn3cc(-c4cccc(N)c4)nc23)cc1. The number of amides is 1. The van der Waals surface area contributed by atoms with Crippen molar-refractivity contribution in [3.63, 3.8) is 0 Å². The van der Waals surface area contributed by atoms with E-state index in [9.17, 15) is 4.79 Å². The third kappa shape index (κ3) is 4.27. The second-order valence-corrected chi connectivity index (χ2v) is 7.47. The quantitative estimate of drug-likeness (QED) is 0.459. The van der Waals surface area contributed by atoms with Crippen molar-refractivity contribution in [2.75, 3.05) is 17.7 Å². The second-order valence-electron chi connectivity index (χ2n) is 7.47. The molecule has 3 N–H and O–H groups in total. The number of imidazole rings is 1. The van der Waals surface area contributed by atoms with Gasteiger partial charge in [0.2, 0.25) is 0 Å². The Morgan fingerprint density at radius 2 is 1.93 bits per heavy atom. The average Bonchev–Trinajstić information content (AvgIpc) is 3.18. The number of rotatable bonds is 6. The van der Waals surface area contributed by atoms with Crippen LogP contribution < -0.4 is 15.8 Å². The van der Waals surface area contributed by atoms with Crippen molar-refractivity contribution in [2.24, 2.45) is 0 Å². The Bertz CT molecular complexity index is 1180. The van der Waals surface area contributed by atoms with Crippen molar-refractivity contribution in [1.29, 1.82) is 0 Å². The fourth-order valence-corrected chi connectivity index (χ4v) is 3.23. The zero-order valence-electron chi connectivity index (χ0n) is 17.0. The number of hydrogen-bond acceptors (Lipinski definition) is 4. The van der Waals surface area contributed by atoms with Crippen LogP contribution >= 0.6 is 0 Å². The van der Waals surface area contributed by atoms with Crippen LogP contribution in [0.25, 0.3) is 16.9 Å². The summed E-state index contributed by atoms with van der Waals surface area (Å²) in [5, 5.41) is 2.86. The van der Waals surface area contributed by atoms with Crippen LogP contribution in [0.5, 0.6) is 5.75 Å². The molecule has 0 spiro atoms. The molecule has 1 amide bonds. The standard InChI is InChI=1S/C24H24N4O2/c1-16(2)17-8-10-20(11-9-17)26-23(29)15-30-22-7-4-12-28-14-21(27-24(22)28)18-5-3-6-19(25)13-18/h3-14,16H,15,25H2,1-2H3,(H,26,29). The molecular weight excluding hydrogens is 376 g/mol. The third-order valence-corrected chi connectivity index (χ3v) is 4.85. The van der Waals surface area contributed by atoms with Gasteiger partial charge >= 0.3 is 0 Å². The normalized spacial score (nSPS) is 11.0. The molecule has 2 heterocycles. The molecule has 0 aliphatic rings. The van der Waals surface area contributed by atoms with Gasteiger partial charge < -0.3 is 20.2 Å². The van der Waals surface area contributed by atoms with Gasteiger partial charge in [-0.3, -0.25) is 4.79 Å². The maximum atomic E-state index is 12.3. The predicted octanol–water partition coefficient (Wildman–Crippen LogP) is 4.72. The smallest absolute Gasteiger partial charge is 0.262 e. The number of anilines is 2. The van der Waals surface area contributed by atoms with Crippen molar-refractivity contribution in [2.45, 2.75) is 19.8 Å². The van der Waals surface area contributed by atoms with Crippen molar-refractivity contribution >= 4 is 22.9 Å². The summed E-state index contributed by atoms with van der Waals surface area (Å²) in [6.45, 7) is 4.16. The first-order chi connectivity index (χ1) is 14.5. The topological polar surface area (TPSA) is 81.6 Å². The number of benzene rings is 2. The average molecular weight is 400 g/mol. The number of nitrogens with zero attached hydrogens (tertiary/aromatic N) is 2. The van der Waals surface area contributed by atoms with E-state index in [0.717, 1.165) is 16.9 Å². The first-order valence-electron chi connectivity index (χ1n) is 9.86. The summed E-state index contributed by atoms with van der Waals surface area (Å²) in [7, 11) is 0. The Kier molecular flexibility index (Phi) is 5.39. The molecule has 0 fully saturated rings. The van der Waals surface area contributed by atoms with E-state index in [1.54, 1.807) is 6.07 Å². The molecule has 6 nitrogen and oxygen atoms in total.